The van der Waals surface area contributed by atoms with Crippen LogP contribution in [0.1, 0.15) is 35.5 Å². The summed E-state index contributed by atoms with van der Waals surface area (Å²) >= 11 is 1.32. The molecule has 3 aromatic rings. The van der Waals surface area contributed by atoms with Crippen LogP contribution in [0, 0.1) is 20.8 Å². The summed E-state index contributed by atoms with van der Waals surface area (Å²) in [4.78, 5) is 12.8. The molecule has 1 amide bonds. The van der Waals surface area contributed by atoms with E-state index in [0.717, 1.165) is 28.2 Å². The van der Waals surface area contributed by atoms with Crippen LogP contribution in [0.4, 0.5) is 0 Å². The monoisotopic (exact) mass is 487 g/mol. The molecule has 8 nitrogen and oxygen atoms in total. The number of nitrogens with one attached hydrogen (secondary N) is 1. The van der Waals surface area contributed by atoms with E-state index < -0.39 is 10.0 Å². The third-order valence-electron chi connectivity index (χ3n) is 5.27. The van der Waals surface area contributed by atoms with Crippen molar-refractivity contribution in [1.29, 1.82) is 0 Å². The first-order chi connectivity index (χ1) is 15.5. The third kappa shape index (κ3) is 5.63. The zero-order valence-electron chi connectivity index (χ0n) is 19.7. The molecule has 10 heteroatoms. The Bertz CT molecular complexity index is 1250. The van der Waals surface area contributed by atoms with Crippen molar-refractivity contribution >= 4 is 27.7 Å². The predicted octanol–water partition coefficient (Wildman–Crippen LogP) is 3.41. The van der Waals surface area contributed by atoms with Crippen molar-refractivity contribution < 1.29 is 13.2 Å². The fourth-order valence-corrected chi connectivity index (χ4v) is 5.01. The maximum atomic E-state index is 12.6. The van der Waals surface area contributed by atoms with Gasteiger partial charge in [0.05, 0.1) is 22.4 Å². The van der Waals surface area contributed by atoms with E-state index in [1.165, 1.54) is 30.2 Å². The van der Waals surface area contributed by atoms with Crippen molar-refractivity contribution in [1.82, 2.24) is 24.4 Å². The van der Waals surface area contributed by atoms with E-state index in [4.69, 9.17) is 0 Å². The lowest BCUT2D eigenvalue weighted by Gasteiger charge is -2.16. The van der Waals surface area contributed by atoms with E-state index in [0.29, 0.717) is 5.16 Å². The highest BCUT2D eigenvalue weighted by molar-refractivity contribution is 7.99. The molecule has 1 heterocycles. The molecular formula is C23H29N5O3S2. The van der Waals surface area contributed by atoms with Gasteiger partial charge in [-0.2, -0.15) is 0 Å². The first-order valence-electron chi connectivity index (χ1n) is 10.4. The molecular weight excluding hydrogens is 458 g/mol. The topological polar surface area (TPSA) is 97.2 Å². The summed E-state index contributed by atoms with van der Waals surface area (Å²) < 4.78 is 27.6. The lowest BCUT2D eigenvalue weighted by molar-refractivity contribution is -0.119. The molecule has 1 unspecified atom stereocenters. The Morgan fingerprint density at radius 1 is 1.09 bits per heavy atom. The van der Waals surface area contributed by atoms with E-state index in [2.05, 4.69) is 33.7 Å². The van der Waals surface area contributed by atoms with Crippen molar-refractivity contribution in [2.45, 2.75) is 43.8 Å². The van der Waals surface area contributed by atoms with Gasteiger partial charge in [0.15, 0.2) is 5.16 Å². The zero-order chi connectivity index (χ0) is 24.3. The number of carbonyl (C=O) groups excluding carboxylic acids is 1. The van der Waals surface area contributed by atoms with Crippen LogP contribution in [0.25, 0.3) is 5.69 Å². The number of rotatable bonds is 8. The minimum atomic E-state index is -3.49. The number of benzene rings is 2. The maximum absolute atomic E-state index is 12.6. The van der Waals surface area contributed by atoms with Gasteiger partial charge in [-0.3, -0.25) is 9.36 Å². The van der Waals surface area contributed by atoms with Crippen LogP contribution >= 0.6 is 11.8 Å². The van der Waals surface area contributed by atoms with Crippen LogP contribution in [0.5, 0.6) is 0 Å². The molecule has 2 aromatic carbocycles. The maximum Gasteiger partial charge on any atom is 0.242 e. The van der Waals surface area contributed by atoms with Crippen molar-refractivity contribution in [3.05, 3.63) is 65.0 Å². The lowest BCUT2D eigenvalue weighted by atomic mass is 10.1. The van der Waals surface area contributed by atoms with Crippen LogP contribution < -0.4 is 5.32 Å². The van der Waals surface area contributed by atoms with Crippen LogP contribution in [0.3, 0.4) is 0 Å². The van der Waals surface area contributed by atoms with Gasteiger partial charge in [0.2, 0.25) is 15.9 Å². The van der Waals surface area contributed by atoms with Crippen molar-refractivity contribution in [3.63, 3.8) is 0 Å². The number of nitrogens with zero attached hydrogens (tertiary/aromatic N) is 4. The number of amides is 1. The lowest BCUT2D eigenvalue weighted by Crippen LogP contribution is -2.28. The van der Waals surface area contributed by atoms with Gasteiger partial charge in [-0.1, -0.05) is 36.0 Å². The van der Waals surface area contributed by atoms with Gasteiger partial charge in [0.1, 0.15) is 5.82 Å². The van der Waals surface area contributed by atoms with E-state index in [9.17, 15) is 13.2 Å². The quantitative estimate of drug-likeness (QED) is 0.489. The molecule has 0 saturated heterocycles. The SMILES string of the molecule is Cc1ccc(C)c(-n2c(C)nnc2SCC(=O)NC(C)c2ccc(S(=O)(=O)N(C)C)cc2)c1. The Hall–Kier alpha value is -2.69. The normalized spacial score (nSPS) is 12.7. The van der Waals surface area contributed by atoms with Crippen molar-refractivity contribution in [3.8, 4) is 5.69 Å². The highest BCUT2D eigenvalue weighted by Gasteiger charge is 2.19. The highest BCUT2D eigenvalue weighted by Crippen LogP contribution is 2.25. The molecule has 1 N–H and O–H groups in total. The Morgan fingerprint density at radius 3 is 2.39 bits per heavy atom. The Kier molecular flexibility index (Phi) is 7.61. The number of thioether (sulfide) groups is 1. The standard InChI is InChI=1S/C23H29N5O3S2/c1-15-7-8-16(2)21(13-15)28-18(4)25-26-23(28)32-14-22(29)24-17(3)19-9-11-20(12-10-19)33(30,31)27(5)6/h7-13,17H,14H2,1-6H3,(H,24,29). The second-order valence-electron chi connectivity index (χ2n) is 8.09. The number of hydrogen-bond donors (Lipinski definition) is 1. The molecule has 0 spiro atoms. The number of hydrogen-bond acceptors (Lipinski definition) is 6. The molecule has 1 aromatic heterocycles. The summed E-state index contributed by atoms with van der Waals surface area (Å²) in [6, 6.07) is 12.5. The van der Waals surface area contributed by atoms with Crippen molar-refractivity contribution in [2.75, 3.05) is 19.8 Å². The molecule has 0 bridgehead atoms. The summed E-state index contributed by atoms with van der Waals surface area (Å²) in [6.07, 6.45) is 0. The molecule has 176 valence electrons. The van der Waals surface area contributed by atoms with Gasteiger partial charge in [-0.25, -0.2) is 12.7 Å². The Morgan fingerprint density at radius 2 is 1.76 bits per heavy atom. The average molecular weight is 488 g/mol. The highest BCUT2D eigenvalue weighted by atomic mass is 32.2. The minimum Gasteiger partial charge on any atom is -0.349 e. The van der Waals surface area contributed by atoms with Gasteiger partial charge in [0.25, 0.3) is 0 Å². The van der Waals surface area contributed by atoms with Gasteiger partial charge >= 0.3 is 0 Å². The predicted molar refractivity (Wildman–Crippen MR) is 130 cm³/mol. The molecule has 0 fully saturated rings. The van der Waals surface area contributed by atoms with E-state index in [-0.39, 0.29) is 22.6 Å². The van der Waals surface area contributed by atoms with Gasteiger partial charge in [-0.15, -0.1) is 10.2 Å². The largest absolute Gasteiger partial charge is 0.349 e. The zero-order valence-corrected chi connectivity index (χ0v) is 21.3. The fraction of sp³-hybridized carbons (Fsp3) is 0.348. The Balaban J connectivity index is 1.66. The summed E-state index contributed by atoms with van der Waals surface area (Å²) in [5, 5.41) is 12.1. The number of carbonyl (C=O) groups is 1. The first kappa shape index (κ1) is 24.9. The number of sulfonamides is 1. The average Bonchev–Trinajstić information content (AvgIpc) is 3.14. The summed E-state index contributed by atoms with van der Waals surface area (Å²) in [5.74, 6) is 0.791. The molecule has 3 rings (SSSR count). The van der Waals surface area contributed by atoms with E-state index in [1.54, 1.807) is 24.3 Å². The van der Waals surface area contributed by atoms with Gasteiger partial charge in [-0.05, 0) is 62.6 Å². The first-order valence-corrected chi connectivity index (χ1v) is 12.9. The summed E-state index contributed by atoms with van der Waals surface area (Å²) in [6.45, 7) is 7.82. The second-order valence-corrected chi connectivity index (χ2v) is 11.2. The molecule has 0 aliphatic heterocycles. The summed E-state index contributed by atoms with van der Waals surface area (Å²) in [7, 11) is -0.500. The Labute approximate surface area is 199 Å². The molecule has 1 atom stereocenters. The van der Waals surface area contributed by atoms with Crippen LogP contribution in [-0.2, 0) is 14.8 Å². The second kappa shape index (κ2) is 10.1. The van der Waals surface area contributed by atoms with E-state index >= 15 is 0 Å². The molecule has 33 heavy (non-hydrogen) atoms. The third-order valence-corrected chi connectivity index (χ3v) is 8.03. The van der Waals surface area contributed by atoms with Gasteiger partial charge < -0.3 is 5.32 Å². The van der Waals surface area contributed by atoms with Crippen LogP contribution in [0.15, 0.2) is 52.5 Å². The van der Waals surface area contributed by atoms with Gasteiger partial charge in [0, 0.05) is 14.1 Å². The van der Waals surface area contributed by atoms with Crippen LogP contribution in [0.2, 0.25) is 0 Å². The van der Waals surface area contributed by atoms with Crippen LogP contribution in [-0.4, -0.2) is 53.2 Å². The molecule has 0 saturated carbocycles. The fourth-order valence-electron chi connectivity index (χ4n) is 3.31. The molecule has 0 aliphatic rings. The number of aromatic nitrogens is 3. The minimum absolute atomic E-state index is 0.148. The molecule has 0 aliphatic carbocycles. The number of aryl methyl sites for hydroxylation is 3. The molecule has 0 radical (unpaired) electrons. The van der Waals surface area contributed by atoms with Crippen molar-refractivity contribution in [2.24, 2.45) is 0 Å². The summed E-state index contributed by atoms with van der Waals surface area (Å²) in [5.41, 5.74) is 4.06. The smallest absolute Gasteiger partial charge is 0.242 e. The van der Waals surface area contributed by atoms with E-state index in [1.807, 2.05) is 32.3 Å².